The molecule has 0 aliphatic carbocycles. The van der Waals surface area contributed by atoms with Crippen LogP contribution in [-0.4, -0.2) is 48.9 Å². The van der Waals surface area contributed by atoms with Gasteiger partial charge in [0.15, 0.2) is 17.2 Å². The second-order valence-corrected chi connectivity index (χ2v) is 9.68. The number of aryl methyl sites for hydroxylation is 1. The molecule has 10 heteroatoms. The molecule has 2 aromatic rings. The van der Waals surface area contributed by atoms with E-state index in [2.05, 4.69) is 10.3 Å². The van der Waals surface area contributed by atoms with E-state index in [1.54, 1.807) is 26.8 Å². The topological polar surface area (TPSA) is 113 Å². The molecule has 0 bridgehead atoms. The van der Waals surface area contributed by atoms with Crippen LogP contribution in [0.4, 0.5) is 4.39 Å². The number of hydrogen-bond donors (Lipinski definition) is 1. The lowest BCUT2D eigenvalue weighted by atomic mass is 9.82. The van der Waals surface area contributed by atoms with Gasteiger partial charge in [-0.3, -0.25) is 9.59 Å². The Labute approximate surface area is 223 Å². The number of aromatic nitrogens is 1. The maximum absolute atomic E-state index is 13.6. The lowest BCUT2D eigenvalue weighted by Crippen LogP contribution is -2.42. The molecule has 0 saturated heterocycles. The molecule has 38 heavy (non-hydrogen) atoms. The molecule has 0 spiro atoms. The molecule has 1 aromatic heterocycles. The molecule has 1 aromatic carbocycles. The second kappa shape index (κ2) is 13.7. The number of methoxy groups -OCH3 is 1. The lowest BCUT2D eigenvalue weighted by Gasteiger charge is -2.30. The smallest absolute Gasteiger partial charge is 0.328 e. The van der Waals surface area contributed by atoms with E-state index in [0.717, 1.165) is 11.1 Å². The van der Waals surface area contributed by atoms with Gasteiger partial charge in [0.25, 0.3) is 5.91 Å². The van der Waals surface area contributed by atoms with Crippen LogP contribution in [0.1, 0.15) is 69.1 Å². The summed E-state index contributed by atoms with van der Waals surface area (Å²) in [6, 6.07) is 5.01. The highest BCUT2D eigenvalue weighted by molar-refractivity contribution is 5.98. The highest BCUT2D eigenvalue weighted by Crippen LogP contribution is 2.33. The number of nitrogens with one attached hydrogen (secondary N) is 1. The van der Waals surface area contributed by atoms with Crippen LogP contribution in [0.2, 0.25) is 0 Å². The number of benzene rings is 1. The van der Waals surface area contributed by atoms with E-state index >= 15 is 0 Å². The normalized spacial score (nSPS) is 13.4. The summed E-state index contributed by atoms with van der Waals surface area (Å²) in [5.74, 6) is -2.44. The molecule has 0 radical (unpaired) electrons. The fraction of sp³-hybridized carbons (Fsp3) is 0.500. The van der Waals surface area contributed by atoms with E-state index in [4.69, 9.17) is 18.9 Å². The van der Waals surface area contributed by atoms with Gasteiger partial charge in [-0.25, -0.2) is 14.2 Å². The summed E-state index contributed by atoms with van der Waals surface area (Å²) < 4.78 is 35.1. The zero-order valence-corrected chi connectivity index (χ0v) is 23.2. The first-order valence-corrected chi connectivity index (χ1v) is 12.5. The largest absolute Gasteiger partial charge is 0.493 e. The van der Waals surface area contributed by atoms with Crippen LogP contribution >= 0.6 is 0 Å². The zero-order chi connectivity index (χ0) is 28.6. The number of pyridine rings is 1. The molecule has 3 unspecified atom stereocenters. The van der Waals surface area contributed by atoms with Crippen molar-refractivity contribution in [3.63, 3.8) is 0 Å². The molecule has 208 valence electrons. The number of hydrogen-bond acceptors (Lipinski definition) is 8. The van der Waals surface area contributed by atoms with E-state index in [1.165, 1.54) is 38.4 Å². The van der Waals surface area contributed by atoms with Crippen molar-refractivity contribution in [3.05, 3.63) is 53.1 Å². The van der Waals surface area contributed by atoms with Crippen LogP contribution in [0.5, 0.6) is 11.5 Å². The van der Waals surface area contributed by atoms with Crippen LogP contribution in [0.3, 0.4) is 0 Å². The van der Waals surface area contributed by atoms with Crippen LogP contribution < -0.4 is 14.8 Å². The second-order valence-electron chi connectivity index (χ2n) is 9.68. The Hall–Kier alpha value is -3.69. The van der Waals surface area contributed by atoms with Crippen molar-refractivity contribution in [1.29, 1.82) is 0 Å². The summed E-state index contributed by atoms with van der Waals surface area (Å²) in [4.78, 5) is 41.7. The number of carbonyl (C=O) groups is 3. The minimum absolute atomic E-state index is 0.0374. The van der Waals surface area contributed by atoms with Crippen molar-refractivity contribution in [2.24, 2.45) is 11.8 Å². The van der Waals surface area contributed by atoms with Gasteiger partial charge in [0.1, 0.15) is 18.0 Å². The summed E-state index contributed by atoms with van der Waals surface area (Å²) in [6.45, 7) is 12.0. The van der Waals surface area contributed by atoms with Gasteiger partial charge in [0.2, 0.25) is 6.79 Å². The maximum Gasteiger partial charge on any atom is 0.328 e. The molecule has 1 N–H and O–H groups in total. The number of esters is 2. The van der Waals surface area contributed by atoms with Gasteiger partial charge in [0, 0.05) is 18.2 Å². The van der Waals surface area contributed by atoms with Crippen LogP contribution in [0.15, 0.2) is 30.5 Å². The molecular formula is C28H37FN2O7. The molecule has 9 nitrogen and oxygen atoms in total. The first kappa shape index (κ1) is 30.5. The van der Waals surface area contributed by atoms with Crippen LogP contribution in [-0.2, 0) is 19.1 Å². The standard InChI is InChI=1S/C28H37FN2O7/c1-15(2)23(21-10-9-20(29)13-17(21)5)19(7)38-28(34)18(6)31-26(32)24-25(22(35-8)11-12-30-24)36-14-37-27(33)16(3)4/h9-13,15-16,18-19,23H,14H2,1-8H3,(H,31,32). The highest BCUT2D eigenvalue weighted by Gasteiger charge is 2.30. The number of amides is 1. The van der Waals surface area contributed by atoms with E-state index in [0.29, 0.717) is 0 Å². The van der Waals surface area contributed by atoms with Crippen molar-refractivity contribution in [2.75, 3.05) is 13.9 Å². The Bertz CT molecular complexity index is 1140. The number of ether oxygens (including phenoxy) is 4. The minimum Gasteiger partial charge on any atom is -0.493 e. The summed E-state index contributed by atoms with van der Waals surface area (Å²) in [5.41, 5.74) is 1.50. The predicted molar refractivity (Wildman–Crippen MR) is 138 cm³/mol. The van der Waals surface area contributed by atoms with Crippen molar-refractivity contribution < 1.29 is 37.7 Å². The van der Waals surface area contributed by atoms with Crippen molar-refractivity contribution in [1.82, 2.24) is 10.3 Å². The van der Waals surface area contributed by atoms with Crippen molar-refractivity contribution in [2.45, 2.75) is 66.5 Å². The highest BCUT2D eigenvalue weighted by atomic mass is 19.1. The first-order chi connectivity index (χ1) is 17.9. The SMILES string of the molecule is COc1ccnc(C(=O)NC(C)C(=O)OC(C)C(c2ccc(F)cc2C)C(C)C)c1OCOC(=O)C(C)C. The molecule has 1 amide bonds. The predicted octanol–water partition coefficient (Wildman–Crippen LogP) is 4.56. The summed E-state index contributed by atoms with van der Waals surface area (Å²) >= 11 is 0. The Morgan fingerprint density at radius 3 is 2.29 bits per heavy atom. The molecule has 0 aliphatic heterocycles. The Balaban J connectivity index is 2.13. The fourth-order valence-electron chi connectivity index (χ4n) is 4.06. The molecule has 1 heterocycles. The average Bonchev–Trinajstić information content (AvgIpc) is 2.84. The van der Waals surface area contributed by atoms with E-state index in [1.807, 2.05) is 20.8 Å². The average molecular weight is 533 g/mol. The van der Waals surface area contributed by atoms with Gasteiger partial charge >= 0.3 is 11.9 Å². The number of rotatable bonds is 12. The van der Waals surface area contributed by atoms with Gasteiger partial charge < -0.3 is 24.3 Å². The molecule has 2 rings (SSSR count). The van der Waals surface area contributed by atoms with E-state index < -0.39 is 36.8 Å². The van der Waals surface area contributed by atoms with Crippen molar-refractivity contribution >= 4 is 17.8 Å². The summed E-state index contributed by atoms with van der Waals surface area (Å²) in [6.07, 6.45) is 0.805. The Morgan fingerprint density at radius 2 is 1.71 bits per heavy atom. The quantitative estimate of drug-likeness (QED) is 0.313. The lowest BCUT2D eigenvalue weighted by molar-refractivity contribution is -0.154. The Kier molecular flexibility index (Phi) is 11.0. The fourth-order valence-corrected chi connectivity index (χ4v) is 4.06. The minimum atomic E-state index is -1.02. The third-order valence-corrected chi connectivity index (χ3v) is 6.00. The monoisotopic (exact) mass is 532 g/mol. The van der Waals surface area contributed by atoms with E-state index in [9.17, 15) is 18.8 Å². The summed E-state index contributed by atoms with van der Waals surface area (Å²) in [7, 11) is 1.39. The maximum atomic E-state index is 13.6. The van der Waals surface area contributed by atoms with Crippen LogP contribution in [0.25, 0.3) is 0 Å². The van der Waals surface area contributed by atoms with Gasteiger partial charge in [-0.15, -0.1) is 0 Å². The van der Waals surface area contributed by atoms with Gasteiger partial charge in [-0.05, 0) is 49.9 Å². The Morgan fingerprint density at radius 1 is 1.03 bits per heavy atom. The third kappa shape index (κ3) is 7.90. The van der Waals surface area contributed by atoms with Crippen molar-refractivity contribution in [3.8, 4) is 11.5 Å². The molecular weight excluding hydrogens is 495 g/mol. The van der Waals surface area contributed by atoms with E-state index in [-0.39, 0.29) is 40.8 Å². The molecule has 0 saturated carbocycles. The zero-order valence-electron chi connectivity index (χ0n) is 23.2. The van der Waals surface area contributed by atoms with Gasteiger partial charge in [0.05, 0.1) is 13.0 Å². The van der Waals surface area contributed by atoms with Gasteiger partial charge in [-0.2, -0.15) is 0 Å². The number of carbonyl (C=O) groups excluding carboxylic acids is 3. The number of halogens is 1. The summed E-state index contributed by atoms with van der Waals surface area (Å²) in [5, 5.41) is 2.57. The first-order valence-electron chi connectivity index (χ1n) is 12.5. The molecule has 3 atom stereocenters. The van der Waals surface area contributed by atoms with Gasteiger partial charge in [-0.1, -0.05) is 33.8 Å². The number of nitrogens with zero attached hydrogens (tertiary/aromatic N) is 1. The molecule has 0 fully saturated rings. The third-order valence-electron chi connectivity index (χ3n) is 6.00. The molecule has 0 aliphatic rings. The van der Waals surface area contributed by atoms with Crippen LogP contribution in [0, 0.1) is 24.6 Å².